The molecule has 1 aliphatic carbocycles. The molecular formula is C12H22N2O3. The predicted octanol–water partition coefficient (Wildman–Crippen LogP) is 0.396. The van der Waals surface area contributed by atoms with E-state index in [1.54, 1.807) is 11.9 Å². The fourth-order valence-corrected chi connectivity index (χ4v) is 1.91. The van der Waals surface area contributed by atoms with E-state index in [0.29, 0.717) is 12.5 Å². The van der Waals surface area contributed by atoms with Crippen molar-refractivity contribution < 1.29 is 14.3 Å². The van der Waals surface area contributed by atoms with Gasteiger partial charge in [-0.3, -0.25) is 14.5 Å². The number of ether oxygens (including phenoxy) is 1. The van der Waals surface area contributed by atoms with Crippen LogP contribution in [0.4, 0.5) is 0 Å². The molecule has 0 aromatic rings. The van der Waals surface area contributed by atoms with Gasteiger partial charge in [-0.1, -0.05) is 6.92 Å². The molecule has 0 radical (unpaired) electrons. The molecule has 0 aliphatic heterocycles. The predicted molar refractivity (Wildman–Crippen MR) is 64.5 cm³/mol. The zero-order valence-corrected chi connectivity index (χ0v) is 10.9. The molecule has 1 atom stereocenters. The molecule has 5 heteroatoms. The van der Waals surface area contributed by atoms with Gasteiger partial charge in [0.25, 0.3) is 0 Å². The van der Waals surface area contributed by atoms with Gasteiger partial charge in [-0.05, 0) is 32.2 Å². The first-order valence-corrected chi connectivity index (χ1v) is 6.14. The number of nitrogens with one attached hydrogen (secondary N) is 1. The van der Waals surface area contributed by atoms with E-state index in [2.05, 4.69) is 5.32 Å². The summed E-state index contributed by atoms with van der Waals surface area (Å²) in [6, 6.07) is -0.271. The van der Waals surface area contributed by atoms with Gasteiger partial charge in [0.2, 0.25) is 5.91 Å². The largest absolute Gasteiger partial charge is 0.468 e. The molecule has 98 valence electrons. The highest BCUT2D eigenvalue weighted by Gasteiger charge is 2.40. The van der Waals surface area contributed by atoms with Crippen molar-refractivity contribution >= 4 is 11.9 Å². The first kappa shape index (κ1) is 14.0. The molecule has 1 saturated carbocycles. The molecule has 0 bridgehead atoms. The topological polar surface area (TPSA) is 58.6 Å². The van der Waals surface area contributed by atoms with Crippen molar-refractivity contribution in [3.05, 3.63) is 0 Å². The van der Waals surface area contributed by atoms with Crippen LogP contribution < -0.4 is 5.32 Å². The van der Waals surface area contributed by atoms with E-state index in [1.807, 2.05) is 6.92 Å². The quantitative estimate of drug-likeness (QED) is 0.656. The monoisotopic (exact) mass is 242 g/mol. The number of likely N-dealkylation sites (N-methyl/N-ethyl adjacent to an activating group) is 1. The summed E-state index contributed by atoms with van der Waals surface area (Å²) < 4.78 is 4.79. The Hall–Kier alpha value is -1.10. The summed E-state index contributed by atoms with van der Waals surface area (Å²) in [6.07, 6.45) is 3.00. The van der Waals surface area contributed by atoms with E-state index >= 15 is 0 Å². The molecule has 0 saturated heterocycles. The molecule has 1 rings (SSSR count). The highest BCUT2D eigenvalue weighted by atomic mass is 16.5. The minimum Gasteiger partial charge on any atom is -0.468 e. The van der Waals surface area contributed by atoms with E-state index in [-0.39, 0.29) is 24.5 Å². The molecule has 1 aliphatic rings. The number of nitrogens with zero attached hydrogens (tertiary/aromatic N) is 1. The molecule has 0 aromatic heterocycles. The molecule has 17 heavy (non-hydrogen) atoms. The van der Waals surface area contributed by atoms with Crippen LogP contribution in [0.3, 0.4) is 0 Å². The lowest BCUT2D eigenvalue weighted by Gasteiger charge is -2.25. The van der Waals surface area contributed by atoms with Crippen molar-refractivity contribution in [1.29, 1.82) is 0 Å². The van der Waals surface area contributed by atoms with Gasteiger partial charge in [-0.15, -0.1) is 0 Å². The third-order valence-corrected chi connectivity index (χ3v) is 2.95. The van der Waals surface area contributed by atoms with Crippen molar-refractivity contribution in [1.82, 2.24) is 10.2 Å². The second kappa shape index (κ2) is 6.59. The highest BCUT2D eigenvalue weighted by Crippen LogP contribution is 2.35. The minimum atomic E-state index is -0.271. The van der Waals surface area contributed by atoms with Gasteiger partial charge in [0.05, 0.1) is 13.7 Å². The number of hydrogen-bond donors (Lipinski definition) is 1. The van der Waals surface area contributed by atoms with Crippen LogP contribution in [0.15, 0.2) is 0 Å². The fraction of sp³-hybridized carbons (Fsp3) is 0.833. The number of methoxy groups -OCH3 is 1. The van der Waals surface area contributed by atoms with Gasteiger partial charge in [-0.2, -0.15) is 0 Å². The van der Waals surface area contributed by atoms with Crippen LogP contribution in [0.1, 0.15) is 26.2 Å². The lowest BCUT2D eigenvalue weighted by atomic mass is 10.1. The number of carbonyl (C=O) groups excluding carboxylic acids is 2. The van der Waals surface area contributed by atoms with Gasteiger partial charge in [-0.25, -0.2) is 0 Å². The van der Waals surface area contributed by atoms with Gasteiger partial charge in [0.15, 0.2) is 0 Å². The molecule has 0 heterocycles. The van der Waals surface area contributed by atoms with E-state index < -0.39 is 0 Å². The van der Waals surface area contributed by atoms with Crippen LogP contribution >= 0.6 is 0 Å². The number of carbonyl (C=O) groups is 2. The van der Waals surface area contributed by atoms with Crippen molar-refractivity contribution in [2.24, 2.45) is 5.92 Å². The molecule has 1 fully saturated rings. The third kappa shape index (κ3) is 4.34. The molecule has 0 aromatic carbocycles. The zero-order chi connectivity index (χ0) is 12.8. The molecular weight excluding hydrogens is 220 g/mol. The smallest absolute Gasteiger partial charge is 0.323 e. The Kier molecular flexibility index (Phi) is 5.41. The lowest BCUT2D eigenvalue weighted by molar-refractivity contribution is -0.147. The van der Waals surface area contributed by atoms with Crippen LogP contribution in [0.2, 0.25) is 0 Å². The van der Waals surface area contributed by atoms with Gasteiger partial charge < -0.3 is 10.1 Å². The van der Waals surface area contributed by atoms with Crippen LogP contribution in [0, 0.1) is 5.92 Å². The SMILES string of the molecule is CCCNC(=O)CN(C)C(C(=O)OC)C1CC1. The van der Waals surface area contributed by atoms with Crippen LogP contribution in [-0.2, 0) is 14.3 Å². The van der Waals surface area contributed by atoms with Crippen LogP contribution in [0.5, 0.6) is 0 Å². The van der Waals surface area contributed by atoms with Gasteiger partial charge in [0, 0.05) is 6.54 Å². The summed E-state index contributed by atoms with van der Waals surface area (Å²) in [5, 5.41) is 2.80. The number of hydrogen-bond acceptors (Lipinski definition) is 4. The van der Waals surface area contributed by atoms with E-state index in [0.717, 1.165) is 19.3 Å². The second-order valence-electron chi connectivity index (χ2n) is 4.57. The maximum Gasteiger partial charge on any atom is 0.323 e. The van der Waals surface area contributed by atoms with Crippen molar-refractivity contribution in [2.45, 2.75) is 32.2 Å². The first-order chi connectivity index (χ1) is 8.10. The third-order valence-electron chi connectivity index (χ3n) is 2.95. The average molecular weight is 242 g/mol. The molecule has 1 amide bonds. The summed E-state index contributed by atoms with van der Waals surface area (Å²) in [7, 11) is 3.19. The Balaban J connectivity index is 2.44. The van der Waals surface area contributed by atoms with Gasteiger partial charge >= 0.3 is 5.97 Å². The summed E-state index contributed by atoms with van der Waals surface area (Å²) in [4.78, 5) is 25.0. The zero-order valence-electron chi connectivity index (χ0n) is 10.9. The van der Waals surface area contributed by atoms with Crippen LogP contribution in [0.25, 0.3) is 0 Å². The normalized spacial score (nSPS) is 16.7. The van der Waals surface area contributed by atoms with Crippen molar-refractivity contribution in [3.63, 3.8) is 0 Å². The Labute approximate surface area is 102 Å². The average Bonchev–Trinajstić information content (AvgIpc) is 3.10. The highest BCUT2D eigenvalue weighted by molar-refractivity contribution is 5.80. The Bertz CT molecular complexity index is 277. The fourth-order valence-electron chi connectivity index (χ4n) is 1.91. The maximum atomic E-state index is 11.6. The standard InChI is InChI=1S/C12H22N2O3/c1-4-7-13-10(15)8-14(2)11(9-5-6-9)12(16)17-3/h9,11H,4-8H2,1-3H3,(H,13,15). The van der Waals surface area contributed by atoms with E-state index in [1.165, 1.54) is 7.11 Å². The number of rotatable bonds is 7. The van der Waals surface area contributed by atoms with E-state index in [9.17, 15) is 9.59 Å². The van der Waals surface area contributed by atoms with Crippen molar-refractivity contribution in [3.8, 4) is 0 Å². The lowest BCUT2D eigenvalue weighted by Crippen LogP contribution is -2.46. The van der Waals surface area contributed by atoms with Crippen LogP contribution in [-0.4, -0.2) is 50.1 Å². The Morgan fingerprint density at radius 1 is 1.47 bits per heavy atom. The summed E-state index contributed by atoms with van der Waals surface area (Å²) in [5.41, 5.74) is 0. The van der Waals surface area contributed by atoms with Crippen molar-refractivity contribution in [2.75, 3.05) is 27.2 Å². The molecule has 1 unspecified atom stereocenters. The Morgan fingerprint density at radius 3 is 2.59 bits per heavy atom. The van der Waals surface area contributed by atoms with Gasteiger partial charge in [0.1, 0.15) is 6.04 Å². The maximum absolute atomic E-state index is 11.6. The first-order valence-electron chi connectivity index (χ1n) is 6.14. The number of amides is 1. The molecule has 5 nitrogen and oxygen atoms in total. The number of esters is 1. The second-order valence-corrected chi connectivity index (χ2v) is 4.57. The summed E-state index contributed by atoms with van der Waals surface area (Å²) >= 11 is 0. The minimum absolute atomic E-state index is 0.0381. The molecule has 1 N–H and O–H groups in total. The summed E-state index contributed by atoms with van der Waals surface area (Å²) in [5.74, 6) is 0.0774. The van der Waals surface area contributed by atoms with E-state index in [4.69, 9.17) is 4.74 Å². The molecule has 0 spiro atoms. The Morgan fingerprint density at radius 2 is 2.12 bits per heavy atom. The summed E-state index contributed by atoms with van der Waals surface area (Å²) in [6.45, 7) is 2.93.